The lowest BCUT2D eigenvalue weighted by molar-refractivity contribution is -0.116. The van der Waals surface area contributed by atoms with Gasteiger partial charge in [-0.3, -0.25) is 4.79 Å². The molecule has 0 bridgehead atoms. The second-order valence-corrected chi connectivity index (χ2v) is 10.3. The molecule has 1 aliphatic heterocycles. The van der Waals surface area contributed by atoms with Crippen molar-refractivity contribution in [2.45, 2.75) is 37.0 Å². The van der Waals surface area contributed by atoms with E-state index in [0.29, 0.717) is 41.5 Å². The van der Waals surface area contributed by atoms with Crippen molar-refractivity contribution in [3.05, 3.63) is 51.5 Å². The van der Waals surface area contributed by atoms with Crippen LogP contribution in [0.25, 0.3) is 0 Å². The predicted molar refractivity (Wildman–Crippen MR) is 122 cm³/mol. The van der Waals surface area contributed by atoms with Gasteiger partial charge in [-0.1, -0.05) is 18.0 Å². The predicted octanol–water partition coefficient (Wildman–Crippen LogP) is 4.86. The van der Waals surface area contributed by atoms with E-state index in [1.165, 1.54) is 11.4 Å². The van der Waals surface area contributed by atoms with Gasteiger partial charge in [0.2, 0.25) is 15.9 Å². The summed E-state index contributed by atoms with van der Waals surface area (Å²) in [4.78, 5) is 12.6. The standard InChI is InChI=1S/C21H24BrClN2O4S/c1-29-20-9-7-17(30(27,28)25-11-3-2-4-12-25)13-15(20)5-10-21(26)24-16-6-8-18(22)19(23)14-16/h6-9,13-14H,2-5,10-12H2,1H3,(H,24,26). The summed E-state index contributed by atoms with van der Waals surface area (Å²) in [6.45, 7) is 1.09. The molecule has 1 fully saturated rings. The number of carbonyl (C=O) groups is 1. The summed E-state index contributed by atoms with van der Waals surface area (Å²) in [5, 5.41) is 3.31. The van der Waals surface area contributed by atoms with Gasteiger partial charge in [-0.25, -0.2) is 8.42 Å². The number of ether oxygens (including phenoxy) is 1. The first kappa shape index (κ1) is 23.1. The molecule has 1 saturated heterocycles. The first-order valence-electron chi connectivity index (χ1n) is 9.73. The molecule has 0 aliphatic carbocycles. The second-order valence-electron chi connectivity index (χ2n) is 7.12. The maximum atomic E-state index is 13.0. The number of methoxy groups -OCH3 is 1. The number of sulfonamides is 1. The number of anilines is 1. The zero-order valence-corrected chi connectivity index (χ0v) is 19.8. The molecule has 2 aromatic rings. The SMILES string of the molecule is COc1ccc(S(=O)(=O)N2CCCCC2)cc1CCC(=O)Nc1ccc(Br)c(Cl)c1. The Balaban J connectivity index is 1.72. The molecule has 0 aromatic heterocycles. The highest BCUT2D eigenvalue weighted by atomic mass is 79.9. The van der Waals surface area contributed by atoms with E-state index in [0.717, 1.165) is 23.7 Å². The highest BCUT2D eigenvalue weighted by Gasteiger charge is 2.26. The van der Waals surface area contributed by atoms with Gasteiger partial charge in [-0.2, -0.15) is 4.31 Å². The summed E-state index contributed by atoms with van der Waals surface area (Å²) in [6, 6.07) is 10.0. The number of hydrogen-bond acceptors (Lipinski definition) is 4. The van der Waals surface area contributed by atoms with Crippen LogP contribution in [0.5, 0.6) is 5.75 Å². The van der Waals surface area contributed by atoms with Crippen LogP contribution in [0.1, 0.15) is 31.2 Å². The molecule has 1 N–H and O–H groups in total. The van der Waals surface area contributed by atoms with Gasteiger partial charge in [-0.05, 0) is 77.2 Å². The molecule has 0 radical (unpaired) electrons. The van der Waals surface area contributed by atoms with Gasteiger partial charge in [0, 0.05) is 29.7 Å². The van der Waals surface area contributed by atoms with Crippen LogP contribution >= 0.6 is 27.5 Å². The van der Waals surface area contributed by atoms with Crippen molar-refractivity contribution in [1.82, 2.24) is 4.31 Å². The van der Waals surface area contributed by atoms with Crippen LogP contribution in [0.3, 0.4) is 0 Å². The zero-order chi connectivity index (χ0) is 21.7. The van der Waals surface area contributed by atoms with E-state index in [1.54, 1.807) is 36.4 Å². The third kappa shape index (κ3) is 5.55. The van der Waals surface area contributed by atoms with Crippen molar-refractivity contribution in [1.29, 1.82) is 0 Å². The molecule has 2 aromatic carbocycles. The summed E-state index contributed by atoms with van der Waals surface area (Å²) in [5.74, 6) is 0.367. The van der Waals surface area contributed by atoms with Gasteiger partial charge >= 0.3 is 0 Å². The van der Waals surface area contributed by atoms with Crippen LogP contribution in [0.15, 0.2) is 45.8 Å². The molecule has 3 rings (SSSR count). The molecule has 30 heavy (non-hydrogen) atoms. The molecule has 9 heteroatoms. The minimum atomic E-state index is -3.55. The fourth-order valence-corrected chi connectivity index (χ4v) is 5.41. The fraction of sp³-hybridized carbons (Fsp3) is 0.381. The van der Waals surface area contributed by atoms with Crippen LogP contribution in [-0.2, 0) is 21.2 Å². The average Bonchev–Trinajstić information content (AvgIpc) is 2.75. The van der Waals surface area contributed by atoms with Gasteiger partial charge in [0.15, 0.2) is 0 Å². The molecule has 1 heterocycles. The van der Waals surface area contributed by atoms with E-state index in [2.05, 4.69) is 21.2 Å². The van der Waals surface area contributed by atoms with Crippen molar-refractivity contribution >= 4 is 49.1 Å². The van der Waals surface area contributed by atoms with E-state index in [4.69, 9.17) is 16.3 Å². The van der Waals surface area contributed by atoms with E-state index in [-0.39, 0.29) is 17.2 Å². The minimum Gasteiger partial charge on any atom is -0.496 e. The number of rotatable bonds is 7. The van der Waals surface area contributed by atoms with Crippen LogP contribution in [-0.4, -0.2) is 38.8 Å². The van der Waals surface area contributed by atoms with Gasteiger partial charge in [0.05, 0.1) is 17.0 Å². The molecule has 0 atom stereocenters. The van der Waals surface area contributed by atoms with Crippen LogP contribution in [0.2, 0.25) is 5.02 Å². The Morgan fingerprint density at radius 2 is 1.90 bits per heavy atom. The topological polar surface area (TPSA) is 75.7 Å². The molecule has 1 aliphatic rings. The lowest BCUT2D eigenvalue weighted by Crippen LogP contribution is -2.35. The first-order valence-corrected chi connectivity index (χ1v) is 12.3. The van der Waals surface area contributed by atoms with Crippen molar-refractivity contribution in [3.8, 4) is 5.75 Å². The molecule has 0 spiro atoms. The normalized spacial score (nSPS) is 15.0. The van der Waals surface area contributed by atoms with Crippen LogP contribution in [0, 0.1) is 0 Å². The van der Waals surface area contributed by atoms with Crippen LogP contribution < -0.4 is 10.1 Å². The number of aryl methyl sites for hydroxylation is 1. The van der Waals surface area contributed by atoms with Crippen molar-refractivity contribution in [2.75, 3.05) is 25.5 Å². The van der Waals surface area contributed by atoms with Gasteiger partial charge < -0.3 is 10.1 Å². The molecule has 0 unspecified atom stereocenters. The number of piperidine rings is 1. The largest absolute Gasteiger partial charge is 0.496 e. The molecule has 162 valence electrons. The molecule has 1 amide bonds. The lowest BCUT2D eigenvalue weighted by Gasteiger charge is -2.26. The van der Waals surface area contributed by atoms with E-state index < -0.39 is 10.0 Å². The Kier molecular flexibility index (Phi) is 7.79. The number of amides is 1. The van der Waals surface area contributed by atoms with E-state index in [1.807, 2.05) is 0 Å². The second kappa shape index (κ2) is 10.1. The Bertz CT molecular complexity index is 1020. The zero-order valence-electron chi connectivity index (χ0n) is 16.7. The summed E-state index contributed by atoms with van der Waals surface area (Å²) >= 11 is 9.37. The summed E-state index contributed by atoms with van der Waals surface area (Å²) in [7, 11) is -2.02. The Hall–Kier alpha value is -1.61. The van der Waals surface area contributed by atoms with E-state index in [9.17, 15) is 13.2 Å². The number of nitrogens with one attached hydrogen (secondary N) is 1. The lowest BCUT2D eigenvalue weighted by atomic mass is 10.1. The Morgan fingerprint density at radius 1 is 1.17 bits per heavy atom. The van der Waals surface area contributed by atoms with E-state index >= 15 is 0 Å². The fourth-order valence-electron chi connectivity index (χ4n) is 3.41. The van der Waals surface area contributed by atoms with Gasteiger partial charge in [-0.15, -0.1) is 0 Å². The Morgan fingerprint density at radius 3 is 2.57 bits per heavy atom. The highest BCUT2D eigenvalue weighted by Crippen LogP contribution is 2.28. The minimum absolute atomic E-state index is 0.178. The number of nitrogens with zero attached hydrogens (tertiary/aromatic N) is 1. The average molecular weight is 516 g/mol. The Labute approximate surface area is 190 Å². The molecular weight excluding hydrogens is 492 g/mol. The van der Waals surface area contributed by atoms with Crippen LogP contribution in [0.4, 0.5) is 5.69 Å². The third-order valence-corrected chi connectivity index (χ3v) is 8.16. The van der Waals surface area contributed by atoms with Crippen molar-refractivity contribution in [3.63, 3.8) is 0 Å². The number of carbonyl (C=O) groups excluding carboxylic acids is 1. The molecular formula is C21H24BrClN2O4S. The maximum Gasteiger partial charge on any atom is 0.243 e. The summed E-state index contributed by atoms with van der Waals surface area (Å²) in [6.07, 6.45) is 3.34. The van der Waals surface area contributed by atoms with Crippen molar-refractivity contribution in [2.24, 2.45) is 0 Å². The summed E-state index contributed by atoms with van der Waals surface area (Å²) < 4.78 is 33.6. The highest BCUT2D eigenvalue weighted by molar-refractivity contribution is 9.10. The number of benzene rings is 2. The quantitative estimate of drug-likeness (QED) is 0.571. The number of halogens is 2. The molecule has 6 nitrogen and oxygen atoms in total. The van der Waals surface area contributed by atoms with Gasteiger partial charge in [0.1, 0.15) is 5.75 Å². The third-order valence-electron chi connectivity index (χ3n) is 5.03. The van der Waals surface area contributed by atoms with Crippen molar-refractivity contribution < 1.29 is 17.9 Å². The first-order chi connectivity index (χ1) is 14.3. The van der Waals surface area contributed by atoms with Gasteiger partial charge in [0.25, 0.3) is 0 Å². The number of hydrogen-bond donors (Lipinski definition) is 1. The summed E-state index contributed by atoms with van der Waals surface area (Å²) in [5.41, 5.74) is 1.28. The monoisotopic (exact) mass is 514 g/mol. The molecule has 0 saturated carbocycles. The maximum absolute atomic E-state index is 13.0. The smallest absolute Gasteiger partial charge is 0.243 e.